The molecule has 0 saturated heterocycles. The highest BCUT2D eigenvalue weighted by atomic mass is 32.2. The van der Waals surface area contributed by atoms with Crippen LogP contribution in [0, 0.1) is 5.82 Å². The van der Waals surface area contributed by atoms with E-state index in [1.54, 1.807) is 12.1 Å². The first kappa shape index (κ1) is 16.6. The maximum Gasteiger partial charge on any atom is 0.220 e. The van der Waals surface area contributed by atoms with Gasteiger partial charge in [0.2, 0.25) is 15.9 Å². The summed E-state index contributed by atoms with van der Waals surface area (Å²) in [6.07, 6.45) is 0.498. The van der Waals surface area contributed by atoms with Crippen LogP contribution in [0.3, 0.4) is 0 Å². The van der Waals surface area contributed by atoms with E-state index in [9.17, 15) is 17.6 Å². The maximum atomic E-state index is 13.1. The quantitative estimate of drug-likeness (QED) is 0.739. The second-order valence-electron chi connectivity index (χ2n) is 4.73. The number of halogens is 1. The lowest BCUT2D eigenvalue weighted by atomic mass is 9.97. The number of nitrogens with two attached hydrogens (primary N) is 1. The van der Waals surface area contributed by atoms with Crippen molar-refractivity contribution in [3.63, 3.8) is 0 Å². The molecule has 1 aromatic carbocycles. The van der Waals surface area contributed by atoms with Crippen molar-refractivity contribution in [1.82, 2.24) is 5.32 Å². The van der Waals surface area contributed by atoms with E-state index in [4.69, 9.17) is 5.14 Å². The first-order valence-electron chi connectivity index (χ1n) is 6.30. The molecule has 0 aliphatic rings. The van der Waals surface area contributed by atoms with Gasteiger partial charge < -0.3 is 5.32 Å². The zero-order valence-electron chi connectivity index (χ0n) is 11.3. The highest BCUT2D eigenvalue weighted by Gasteiger charge is 2.11. The van der Waals surface area contributed by atoms with Gasteiger partial charge in [0.25, 0.3) is 0 Å². The molecule has 0 radical (unpaired) electrons. The minimum absolute atomic E-state index is 0.107. The topological polar surface area (TPSA) is 89.3 Å². The minimum atomic E-state index is -3.49. The molecule has 0 aromatic heterocycles. The molecule has 0 unspecified atom stereocenters. The number of primary sulfonamides is 1. The number of benzene rings is 1. The van der Waals surface area contributed by atoms with Crippen LogP contribution in [-0.2, 0) is 14.8 Å². The van der Waals surface area contributed by atoms with E-state index >= 15 is 0 Å². The van der Waals surface area contributed by atoms with Gasteiger partial charge in [-0.25, -0.2) is 17.9 Å². The van der Waals surface area contributed by atoms with Crippen molar-refractivity contribution in [1.29, 1.82) is 0 Å². The van der Waals surface area contributed by atoms with Crippen molar-refractivity contribution in [3.05, 3.63) is 35.6 Å². The van der Waals surface area contributed by atoms with Crippen LogP contribution in [0.2, 0.25) is 0 Å². The van der Waals surface area contributed by atoms with E-state index in [1.165, 1.54) is 12.1 Å². The minimum Gasteiger partial charge on any atom is -0.356 e. The molecule has 0 saturated carbocycles. The Labute approximate surface area is 118 Å². The van der Waals surface area contributed by atoms with E-state index in [0.717, 1.165) is 5.56 Å². The third kappa shape index (κ3) is 6.63. The van der Waals surface area contributed by atoms with Crippen LogP contribution < -0.4 is 10.5 Å². The summed E-state index contributed by atoms with van der Waals surface area (Å²) in [5, 5.41) is 7.47. The third-order valence-electron chi connectivity index (χ3n) is 2.84. The molecule has 0 bridgehead atoms. The number of hydrogen-bond donors (Lipinski definition) is 2. The lowest BCUT2D eigenvalue weighted by molar-refractivity contribution is -0.121. The van der Waals surface area contributed by atoms with Gasteiger partial charge in [-0.2, -0.15) is 0 Å². The number of sulfonamides is 1. The largest absolute Gasteiger partial charge is 0.356 e. The van der Waals surface area contributed by atoms with Crippen LogP contribution in [0.1, 0.15) is 31.2 Å². The van der Waals surface area contributed by atoms with Crippen molar-refractivity contribution in [3.8, 4) is 0 Å². The Morgan fingerprint density at radius 2 is 2.15 bits per heavy atom. The van der Waals surface area contributed by atoms with Crippen LogP contribution in [0.15, 0.2) is 24.3 Å². The summed E-state index contributed by atoms with van der Waals surface area (Å²) in [6.45, 7) is 2.09. The molecular formula is C13H19FN2O3S. The van der Waals surface area contributed by atoms with Crippen molar-refractivity contribution < 1.29 is 17.6 Å². The normalized spacial score (nSPS) is 12.9. The van der Waals surface area contributed by atoms with E-state index in [1.807, 2.05) is 6.92 Å². The molecule has 1 atom stereocenters. The fourth-order valence-electron chi connectivity index (χ4n) is 1.78. The molecule has 0 heterocycles. The summed E-state index contributed by atoms with van der Waals surface area (Å²) in [5.41, 5.74) is 0.754. The van der Waals surface area contributed by atoms with Crippen molar-refractivity contribution in [2.24, 2.45) is 5.14 Å². The van der Waals surface area contributed by atoms with Gasteiger partial charge >= 0.3 is 0 Å². The Morgan fingerprint density at radius 3 is 2.75 bits per heavy atom. The Kier molecular flexibility index (Phi) is 6.09. The Hall–Kier alpha value is -1.47. The van der Waals surface area contributed by atoms with Gasteiger partial charge in [0.15, 0.2) is 0 Å². The zero-order valence-corrected chi connectivity index (χ0v) is 12.1. The SMILES string of the molecule is C[C@H](CC(=O)NCCCS(N)(=O)=O)c1cccc(F)c1. The van der Waals surface area contributed by atoms with E-state index in [2.05, 4.69) is 5.32 Å². The van der Waals surface area contributed by atoms with Gasteiger partial charge in [-0.05, 0) is 30.0 Å². The molecule has 5 nitrogen and oxygen atoms in total. The number of rotatable bonds is 7. The van der Waals surface area contributed by atoms with Gasteiger partial charge in [-0.1, -0.05) is 19.1 Å². The van der Waals surface area contributed by atoms with E-state index in [-0.39, 0.29) is 42.8 Å². The summed E-state index contributed by atoms with van der Waals surface area (Å²) in [4.78, 5) is 11.7. The predicted molar refractivity (Wildman–Crippen MR) is 75.0 cm³/mol. The van der Waals surface area contributed by atoms with Crippen LogP contribution in [0.5, 0.6) is 0 Å². The van der Waals surface area contributed by atoms with Gasteiger partial charge in [0.05, 0.1) is 5.75 Å². The fraction of sp³-hybridized carbons (Fsp3) is 0.462. The monoisotopic (exact) mass is 302 g/mol. The highest BCUT2D eigenvalue weighted by molar-refractivity contribution is 7.89. The molecule has 0 aliphatic carbocycles. The summed E-state index contributed by atoms with van der Waals surface area (Å²) >= 11 is 0. The third-order valence-corrected chi connectivity index (χ3v) is 3.69. The second-order valence-corrected chi connectivity index (χ2v) is 6.46. The molecule has 1 aromatic rings. The standard InChI is InChI=1S/C13H19FN2O3S/c1-10(11-4-2-5-12(14)9-11)8-13(17)16-6-3-7-20(15,18)19/h2,4-5,9-10H,3,6-8H2,1H3,(H,16,17)(H2,15,18,19)/t10-/m1/s1. The maximum absolute atomic E-state index is 13.1. The van der Waals surface area contributed by atoms with Crippen molar-refractivity contribution in [2.75, 3.05) is 12.3 Å². The average molecular weight is 302 g/mol. The van der Waals surface area contributed by atoms with Crippen LogP contribution in [0.4, 0.5) is 4.39 Å². The van der Waals surface area contributed by atoms with Gasteiger partial charge in [0, 0.05) is 13.0 Å². The van der Waals surface area contributed by atoms with E-state index < -0.39 is 10.0 Å². The molecule has 0 fully saturated rings. The first-order valence-corrected chi connectivity index (χ1v) is 8.02. The van der Waals surface area contributed by atoms with Crippen molar-refractivity contribution >= 4 is 15.9 Å². The van der Waals surface area contributed by atoms with E-state index in [0.29, 0.717) is 0 Å². The number of carbonyl (C=O) groups is 1. The second kappa shape index (κ2) is 7.35. The number of hydrogen-bond acceptors (Lipinski definition) is 3. The Morgan fingerprint density at radius 1 is 1.45 bits per heavy atom. The first-order chi connectivity index (χ1) is 9.28. The molecule has 3 N–H and O–H groups in total. The van der Waals surface area contributed by atoms with Gasteiger partial charge in [-0.3, -0.25) is 4.79 Å². The molecule has 0 aliphatic heterocycles. The molecule has 1 rings (SSSR count). The van der Waals surface area contributed by atoms with Gasteiger partial charge in [0.1, 0.15) is 5.82 Å². The lowest BCUT2D eigenvalue weighted by Crippen LogP contribution is -2.28. The summed E-state index contributed by atoms with van der Waals surface area (Å²) in [6, 6.07) is 6.12. The number of nitrogens with one attached hydrogen (secondary N) is 1. The smallest absolute Gasteiger partial charge is 0.220 e. The highest BCUT2D eigenvalue weighted by Crippen LogP contribution is 2.19. The van der Waals surface area contributed by atoms with Crippen LogP contribution in [-0.4, -0.2) is 26.6 Å². The fourth-order valence-corrected chi connectivity index (χ4v) is 2.33. The average Bonchev–Trinajstić information content (AvgIpc) is 2.33. The van der Waals surface area contributed by atoms with Crippen molar-refractivity contribution in [2.45, 2.75) is 25.7 Å². The lowest BCUT2D eigenvalue weighted by Gasteiger charge is -2.12. The van der Waals surface area contributed by atoms with Gasteiger partial charge in [-0.15, -0.1) is 0 Å². The zero-order chi connectivity index (χ0) is 15.2. The molecule has 112 valence electrons. The molecular weight excluding hydrogens is 283 g/mol. The summed E-state index contributed by atoms with van der Waals surface area (Å²) in [7, 11) is -3.49. The Balaban J connectivity index is 2.35. The molecule has 0 spiro atoms. The van der Waals surface area contributed by atoms with Crippen LogP contribution >= 0.6 is 0 Å². The summed E-state index contributed by atoms with van der Waals surface area (Å²) in [5.74, 6) is -0.796. The molecule has 1 amide bonds. The predicted octanol–water partition coefficient (Wildman–Crippen LogP) is 1.11. The molecule has 20 heavy (non-hydrogen) atoms. The summed E-state index contributed by atoms with van der Waals surface area (Å²) < 4.78 is 34.5. The Bertz CT molecular complexity index is 560. The van der Waals surface area contributed by atoms with Crippen LogP contribution in [0.25, 0.3) is 0 Å². The number of amides is 1. The molecule has 7 heteroatoms. The number of carbonyl (C=O) groups excluding carboxylic acids is 1.